The van der Waals surface area contributed by atoms with Crippen LogP contribution in [0.2, 0.25) is 0 Å². The molecule has 0 aromatic heterocycles. The van der Waals surface area contributed by atoms with Gasteiger partial charge in [-0.3, -0.25) is 4.79 Å². The molecule has 0 bridgehead atoms. The van der Waals surface area contributed by atoms with Crippen molar-refractivity contribution in [2.24, 2.45) is 0 Å². The number of carbonyl (C=O) groups is 1. The number of ketones is 1. The lowest BCUT2D eigenvalue weighted by atomic mass is 9.92. The molecule has 0 aromatic rings. The lowest BCUT2D eigenvalue weighted by molar-refractivity contribution is -0.115. The predicted octanol–water partition coefficient (Wildman–Crippen LogP) is 2.81. The summed E-state index contributed by atoms with van der Waals surface area (Å²) in [5, 5.41) is 0. The van der Waals surface area contributed by atoms with E-state index in [-0.39, 0.29) is 5.78 Å². The van der Waals surface area contributed by atoms with Crippen molar-refractivity contribution in [2.45, 2.75) is 26.2 Å². The first-order chi connectivity index (χ1) is 5.25. The molecule has 1 rings (SSSR count). The standard InChI is InChI=1S/C9H11ClO/c1-7-3-2-4-9(11)8(7)5-6-10/h5-6H,2-4H2,1H3/b6-5-. The van der Waals surface area contributed by atoms with E-state index in [0.717, 1.165) is 24.0 Å². The van der Waals surface area contributed by atoms with Crippen LogP contribution in [0.1, 0.15) is 26.2 Å². The van der Waals surface area contributed by atoms with Crippen molar-refractivity contribution in [2.75, 3.05) is 0 Å². The molecule has 0 spiro atoms. The lowest BCUT2D eigenvalue weighted by Crippen LogP contribution is -2.08. The van der Waals surface area contributed by atoms with Crippen LogP contribution in [0.25, 0.3) is 0 Å². The van der Waals surface area contributed by atoms with Gasteiger partial charge in [0.25, 0.3) is 0 Å². The Morgan fingerprint density at radius 1 is 1.45 bits per heavy atom. The van der Waals surface area contributed by atoms with Gasteiger partial charge in [0.2, 0.25) is 0 Å². The molecule has 0 saturated heterocycles. The van der Waals surface area contributed by atoms with E-state index in [1.54, 1.807) is 6.08 Å². The summed E-state index contributed by atoms with van der Waals surface area (Å²) in [6, 6.07) is 0. The highest BCUT2D eigenvalue weighted by molar-refractivity contribution is 6.26. The van der Waals surface area contributed by atoms with Gasteiger partial charge in [-0.15, -0.1) is 0 Å². The molecule has 0 N–H and O–H groups in total. The van der Waals surface area contributed by atoms with Gasteiger partial charge in [-0.05, 0) is 25.8 Å². The summed E-state index contributed by atoms with van der Waals surface area (Å²) >= 11 is 5.40. The largest absolute Gasteiger partial charge is 0.294 e. The van der Waals surface area contributed by atoms with E-state index >= 15 is 0 Å². The highest BCUT2D eigenvalue weighted by Crippen LogP contribution is 2.22. The fraction of sp³-hybridized carbons (Fsp3) is 0.444. The Bertz CT molecular complexity index is 226. The maximum Gasteiger partial charge on any atom is 0.162 e. The molecule has 1 nitrogen and oxygen atoms in total. The van der Waals surface area contributed by atoms with E-state index in [1.807, 2.05) is 6.92 Å². The van der Waals surface area contributed by atoms with Crippen molar-refractivity contribution >= 4 is 17.4 Å². The summed E-state index contributed by atoms with van der Waals surface area (Å²) in [5.41, 5.74) is 3.38. The maximum atomic E-state index is 11.2. The molecule has 0 aromatic carbocycles. The van der Waals surface area contributed by atoms with E-state index < -0.39 is 0 Å². The van der Waals surface area contributed by atoms with E-state index in [0.29, 0.717) is 6.42 Å². The highest BCUT2D eigenvalue weighted by Gasteiger charge is 2.14. The highest BCUT2D eigenvalue weighted by atomic mass is 35.5. The van der Waals surface area contributed by atoms with Crippen molar-refractivity contribution in [3.63, 3.8) is 0 Å². The van der Waals surface area contributed by atoms with Gasteiger partial charge >= 0.3 is 0 Å². The summed E-state index contributed by atoms with van der Waals surface area (Å²) < 4.78 is 0. The van der Waals surface area contributed by atoms with Crippen LogP contribution in [0.3, 0.4) is 0 Å². The van der Waals surface area contributed by atoms with Crippen LogP contribution < -0.4 is 0 Å². The van der Waals surface area contributed by atoms with E-state index in [4.69, 9.17) is 11.6 Å². The third-order valence-corrected chi connectivity index (χ3v) is 2.07. The lowest BCUT2D eigenvalue weighted by Gasteiger charge is -2.12. The number of carbonyl (C=O) groups excluding carboxylic acids is 1. The summed E-state index contributed by atoms with van der Waals surface area (Å²) in [6.07, 6.45) is 4.39. The normalized spacial score (nSPS) is 20.0. The van der Waals surface area contributed by atoms with Crippen molar-refractivity contribution in [1.82, 2.24) is 0 Å². The SMILES string of the molecule is CC1=C(/C=C\Cl)C(=O)CCC1. The fourth-order valence-corrected chi connectivity index (χ4v) is 1.45. The van der Waals surface area contributed by atoms with Crippen LogP contribution in [-0.4, -0.2) is 5.78 Å². The Labute approximate surface area is 71.7 Å². The molecule has 60 valence electrons. The number of hydrogen-bond donors (Lipinski definition) is 0. The number of hydrogen-bond acceptors (Lipinski definition) is 1. The Balaban J connectivity index is 2.91. The molecule has 0 atom stereocenters. The zero-order valence-electron chi connectivity index (χ0n) is 6.56. The number of Topliss-reactive ketones (excluding diaryl/α,β-unsaturated/α-hetero) is 1. The van der Waals surface area contributed by atoms with Gasteiger partial charge in [0, 0.05) is 17.5 Å². The summed E-state index contributed by atoms with van der Waals surface area (Å²) in [7, 11) is 0. The van der Waals surface area contributed by atoms with Crippen molar-refractivity contribution < 1.29 is 4.79 Å². The van der Waals surface area contributed by atoms with Crippen LogP contribution in [0, 0.1) is 0 Å². The average molecular weight is 171 g/mol. The number of halogens is 1. The fourth-order valence-electron chi connectivity index (χ4n) is 1.32. The van der Waals surface area contributed by atoms with Crippen LogP contribution in [0.15, 0.2) is 22.8 Å². The Kier molecular flexibility index (Phi) is 2.89. The summed E-state index contributed by atoms with van der Waals surface area (Å²) in [4.78, 5) is 11.2. The third kappa shape index (κ3) is 1.93. The molecule has 0 amide bonds. The zero-order chi connectivity index (χ0) is 8.27. The molecule has 1 aliphatic carbocycles. The molecule has 0 unspecified atom stereocenters. The van der Waals surface area contributed by atoms with E-state index in [2.05, 4.69) is 0 Å². The minimum Gasteiger partial charge on any atom is -0.294 e. The molecule has 1 aliphatic rings. The first-order valence-corrected chi connectivity index (χ1v) is 4.19. The second-order valence-electron chi connectivity index (χ2n) is 2.76. The molecule has 0 saturated carbocycles. The first-order valence-electron chi connectivity index (χ1n) is 3.75. The monoisotopic (exact) mass is 170 g/mol. The summed E-state index contributed by atoms with van der Waals surface area (Å²) in [5.74, 6) is 0.227. The van der Waals surface area contributed by atoms with Gasteiger partial charge < -0.3 is 0 Å². The molecule has 0 radical (unpaired) electrons. The maximum absolute atomic E-state index is 11.2. The van der Waals surface area contributed by atoms with Crippen molar-refractivity contribution in [1.29, 1.82) is 0 Å². The van der Waals surface area contributed by atoms with Gasteiger partial charge in [0.15, 0.2) is 5.78 Å². The van der Waals surface area contributed by atoms with Crippen LogP contribution in [0.5, 0.6) is 0 Å². The molecule has 0 aliphatic heterocycles. The van der Waals surface area contributed by atoms with Gasteiger partial charge in [-0.1, -0.05) is 17.2 Å². The Morgan fingerprint density at radius 3 is 2.73 bits per heavy atom. The van der Waals surface area contributed by atoms with Crippen LogP contribution >= 0.6 is 11.6 Å². The second-order valence-corrected chi connectivity index (χ2v) is 3.02. The topological polar surface area (TPSA) is 17.1 Å². The second kappa shape index (κ2) is 3.72. The molecule has 2 heteroatoms. The first kappa shape index (κ1) is 8.54. The average Bonchev–Trinajstić information content (AvgIpc) is 1.97. The van der Waals surface area contributed by atoms with Gasteiger partial charge in [-0.25, -0.2) is 0 Å². The Hall–Kier alpha value is -0.560. The van der Waals surface area contributed by atoms with Crippen LogP contribution in [-0.2, 0) is 4.79 Å². The summed E-state index contributed by atoms with van der Waals surface area (Å²) in [6.45, 7) is 1.99. The zero-order valence-corrected chi connectivity index (χ0v) is 7.32. The van der Waals surface area contributed by atoms with E-state index in [1.165, 1.54) is 5.54 Å². The minimum absolute atomic E-state index is 0.227. The molecule has 0 heterocycles. The van der Waals surface area contributed by atoms with Gasteiger partial charge in [0.1, 0.15) is 0 Å². The Morgan fingerprint density at radius 2 is 2.18 bits per heavy atom. The molecule has 0 fully saturated rings. The predicted molar refractivity (Wildman–Crippen MR) is 46.6 cm³/mol. The van der Waals surface area contributed by atoms with E-state index in [9.17, 15) is 4.79 Å². The minimum atomic E-state index is 0.227. The van der Waals surface area contributed by atoms with Crippen LogP contribution in [0.4, 0.5) is 0 Å². The molecule has 11 heavy (non-hydrogen) atoms. The molecular formula is C9H11ClO. The smallest absolute Gasteiger partial charge is 0.162 e. The third-order valence-electron chi connectivity index (χ3n) is 1.95. The number of rotatable bonds is 1. The molecular weight excluding hydrogens is 160 g/mol. The van der Waals surface area contributed by atoms with Gasteiger partial charge in [0.05, 0.1) is 0 Å². The number of allylic oxidation sites excluding steroid dienone is 3. The quantitative estimate of drug-likeness (QED) is 0.592. The van der Waals surface area contributed by atoms with Gasteiger partial charge in [-0.2, -0.15) is 0 Å². The van der Waals surface area contributed by atoms with Crippen molar-refractivity contribution in [3.8, 4) is 0 Å². The van der Waals surface area contributed by atoms with Crippen molar-refractivity contribution in [3.05, 3.63) is 22.8 Å².